The molecule has 1 aliphatic heterocycles. The van der Waals surface area contributed by atoms with Gasteiger partial charge < -0.3 is 16.4 Å². The van der Waals surface area contributed by atoms with Gasteiger partial charge in [0, 0.05) is 30.8 Å². The number of rotatable bonds is 7. The van der Waals surface area contributed by atoms with Gasteiger partial charge in [0.25, 0.3) is 0 Å². The molecule has 3 rings (SSSR count). The van der Waals surface area contributed by atoms with Gasteiger partial charge in [0.2, 0.25) is 11.8 Å². The number of carbonyl (C=O) groups is 2. The number of nitrogens with zero attached hydrogens (tertiary/aromatic N) is 1. The number of anilines is 1. The summed E-state index contributed by atoms with van der Waals surface area (Å²) in [5, 5.41) is 9.63. The summed E-state index contributed by atoms with van der Waals surface area (Å²) in [7, 11) is 0. The minimum absolute atomic E-state index is 0.204. The molecular formula is C19H21Cl2N5O2S. The van der Waals surface area contributed by atoms with Gasteiger partial charge in [0.05, 0.1) is 16.1 Å². The Hall–Kier alpha value is -2.00. The van der Waals surface area contributed by atoms with E-state index in [1.807, 2.05) is 0 Å². The Morgan fingerprint density at radius 3 is 2.69 bits per heavy atom. The smallest absolute Gasteiger partial charge is 0.243 e. The number of amides is 2. The predicted molar refractivity (Wildman–Crippen MR) is 117 cm³/mol. The summed E-state index contributed by atoms with van der Waals surface area (Å²) in [4.78, 5) is 29.4. The van der Waals surface area contributed by atoms with Crippen LogP contribution in [0.2, 0.25) is 10.0 Å². The van der Waals surface area contributed by atoms with Crippen LogP contribution in [-0.4, -0.2) is 40.5 Å². The van der Waals surface area contributed by atoms with Crippen LogP contribution in [0.25, 0.3) is 0 Å². The van der Waals surface area contributed by atoms with Gasteiger partial charge >= 0.3 is 0 Å². The summed E-state index contributed by atoms with van der Waals surface area (Å²) in [5.74, 6) is 1.29. The molecule has 0 unspecified atom stereocenters. The van der Waals surface area contributed by atoms with Gasteiger partial charge in [0.15, 0.2) is 0 Å². The van der Waals surface area contributed by atoms with E-state index in [2.05, 4.69) is 20.9 Å². The van der Waals surface area contributed by atoms with E-state index in [9.17, 15) is 9.59 Å². The van der Waals surface area contributed by atoms with Gasteiger partial charge in [-0.2, -0.15) is 0 Å². The fourth-order valence-corrected chi connectivity index (χ4v) is 4.06. The van der Waals surface area contributed by atoms with Gasteiger partial charge in [-0.15, -0.1) is 11.8 Å². The number of hydrogen-bond donors (Lipinski definition) is 4. The van der Waals surface area contributed by atoms with Crippen LogP contribution in [0.3, 0.4) is 0 Å². The highest BCUT2D eigenvalue weighted by Gasteiger charge is 2.28. The molecule has 1 saturated heterocycles. The van der Waals surface area contributed by atoms with Crippen molar-refractivity contribution in [2.45, 2.75) is 25.0 Å². The van der Waals surface area contributed by atoms with Crippen LogP contribution in [-0.2, 0) is 22.6 Å². The van der Waals surface area contributed by atoms with Crippen molar-refractivity contribution >= 4 is 52.6 Å². The summed E-state index contributed by atoms with van der Waals surface area (Å²) < 4.78 is 0. The van der Waals surface area contributed by atoms with Crippen LogP contribution in [0, 0.1) is 0 Å². The second-order valence-corrected chi connectivity index (χ2v) is 8.44. The lowest BCUT2D eigenvalue weighted by atomic mass is 10.0. The summed E-state index contributed by atoms with van der Waals surface area (Å²) in [6.07, 6.45) is 1.89. The number of pyridine rings is 1. The zero-order valence-electron chi connectivity index (χ0n) is 15.5. The monoisotopic (exact) mass is 453 g/mol. The molecule has 1 aromatic heterocycles. The van der Waals surface area contributed by atoms with Crippen LogP contribution in [0.5, 0.6) is 0 Å². The molecule has 1 fully saturated rings. The Labute approximate surface area is 183 Å². The van der Waals surface area contributed by atoms with Crippen molar-refractivity contribution in [1.29, 1.82) is 0 Å². The highest BCUT2D eigenvalue weighted by Crippen LogP contribution is 2.23. The fourth-order valence-electron chi connectivity index (χ4n) is 2.80. The third-order valence-corrected chi connectivity index (χ3v) is 6.08. The average molecular weight is 454 g/mol. The Morgan fingerprint density at radius 2 is 2.03 bits per heavy atom. The van der Waals surface area contributed by atoms with E-state index >= 15 is 0 Å². The Morgan fingerprint density at radius 1 is 1.24 bits per heavy atom. The van der Waals surface area contributed by atoms with E-state index in [-0.39, 0.29) is 30.8 Å². The number of halogens is 2. The van der Waals surface area contributed by atoms with Crippen LogP contribution in [0.15, 0.2) is 36.5 Å². The molecule has 0 spiro atoms. The number of carbonyl (C=O) groups excluding carboxylic acids is 2. The van der Waals surface area contributed by atoms with E-state index in [0.29, 0.717) is 27.5 Å². The molecule has 0 aliphatic carbocycles. The maximum absolute atomic E-state index is 12.8. The molecule has 7 nitrogen and oxygen atoms in total. The van der Waals surface area contributed by atoms with Crippen LogP contribution >= 0.6 is 35.0 Å². The first-order chi connectivity index (χ1) is 13.9. The number of aromatic nitrogens is 1. The number of thioether (sulfide) groups is 1. The van der Waals surface area contributed by atoms with Crippen molar-refractivity contribution in [2.24, 2.45) is 0 Å². The van der Waals surface area contributed by atoms with Crippen molar-refractivity contribution in [3.05, 3.63) is 57.7 Å². The molecule has 2 atom stereocenters. The van der Waals surface area contributed by atoms with E-state index < -0.39 is 6.04 Å². The highest BCUT2D eigenvalue weighted by molar-refractivity contribution is 7.99. The van der Waals surface area contributed by atoms with Gasteiger partial charge in [-0.05, 0) is 29.3 Å². The second-order valence-electron chi connectivity index (χ2n) is 6.59. The molecular weight excluding hydrogens is 433 g/mol. The standard InChI is InChI=1S/C19H21Cl2N5O2S/c20-13-3-1-11(5-14(13)21)6-15(26-19(28)16-9-29-10-25-16)18(27)24-8-12-2-4-17(22)23-7-12/h1-5,7,15-16,25H,6,8-10H2,(H2,22,23)(H,24,27)(H,26,28)/t15-,16+/m0/s1. The van der Waals surface area contributed by atoms with Crippen LogP contribution in [0.4, 0.5) is 5.82 Å². The van der Waals surface area contributed by atoms with Gasteiger partial charge in [-0.3, -0.25) is 14.9 Å². The van der Waals surface area contributed by atoms with Crippen molar-refractivity contribution in [1.82, 2.24) is 20.9 Å². The number of benzene rings is 1. The lowest BCUT2D eigenvalue weighted by molar-refractivity contribution is -0.129. The van der Waals surface area contributed by atoms with E-state index in [1.165, 1.54) is 0 Å². The molecule has 29 heavy (non-hydrogen) atoms. The summed E-state index contributed by atoms with van der Waals surface area (Å²) in [5.41, 5.74) is 7.18. The molecule has 154 valence electrons. The van der Waals surface area contributed by atoms with Crippen molar-refractivity contribution in [3.8, 4) is 0 Å². The number of nitrogen functional groups attached to an aromatic ring is 1. The van der Waals surface area contributed by atoms with Gasteiger partial charge in [0.1, 0.15) is 11.9 Å². The lowest BCUT2D eigenvalue weighted by Gasteiger charge is -2.21. The molecule has 2 amide bonds. The molecule has 0 bridgehead atoms. The zero-order chi connectivity index (χ0) is 20.8. The Bertz CT molecular complexity index is 875. The first-order valence-corrected chi connectivity index (χ1v) is 10.9. The summed E-state index contributed by atoms with van der Waals surface area (Å²) >= 11 is 13.7. The molecule has 1 aliphatic rings. The third-order valence-electron chi connectivity index (χ3n) is 4.40. The van der Waals surface area contributed by atoms with Crippen LogP contribution in [0.1, 0.15) is 11.1 Å². The number of nitrogens with two attached hydrogens (primary N) is 1. The topological polar surface area (TPSA) is 109 Å². The Kier molecular flexibility index (Phi) is 7.60. The largest absolute Gasteiger partial charge is 0.384 e. The quantitative estimate of drug-likeness (QED) is 0.510. The number of nitrogens with one attached hydrogen (secondary N) is 3. The van der Waals surface area contributed by atoms with Gasteiger partial charge in [-0.25, -0.2) is 4.98 Å². The first kappa shape index (κ1) is 21.7. The molecule has 0 radical (unpaired) electrons. The van der Waals surface area contributed by atoms with Crippen LogP contribution < -0.4 is 21.7 Å². The van der Waals surface area contributed by atoms with E-state index in [4.69, 9.17) is 28.9 Å². The highest BCUT2D eigenvalue weighted by atomic mass is 35.5. The summed E-state index contributed by atoms with van der Waals surface area (Å²) in [6, 6.07) is 7.54. The average Bonchev–Trinajstić information content (AvgIpc) is 3.24. The fraction of sp³-hybridized carbons (Fsp3) is 0.316. The first-order valence-electron chi connectivity index (χ1n) is 8.96. The minimum atomic E-state index is -0.756. The molecule has 1 aromatic carbocycles. The van der Waals surface area contributed by atoms with Crippen molar-refractivity contribution in [3.63, 3.8) is 0 Å². The third kappa shape index (κ3) is 6.24. The maximum Gasteiger partial charge on any atom is 0.243 e. The normalized spacial score (nSPS) is 17.0. The SMILES string of the molecule is Nc1ccc(CNC(=O)[C@H](Cc2ccc(Cl)c(Cl)c2)NC(=O)[C@H]2CSCN2)cn1. The van der Waals surface area contributed by atoms with E-state index in [0.717, 1.165) is 11.1 Å². The van der Waals surface area contributed by atoms with Crippen molar-refractivity contribution in [2.75, 3.05) is 17.4 Å². The second kappa shape index (κ2) is 10.2. The number of hydrogen-bond acceptors (Lipinski definition) is 6. The maximum atomic E-state index is 12.8. The van der Waals surface area contributed by atoms with Crippen molar-refractivity contribution < 1.29 is 9.59 Å². The molecule has 5 N–H and O–H groups in total. The summed E-state index contributed by atoms with van der Waals surface area (Å²) in [6.45, 7) is 0.275. The molecule has 2 heterocycles. The predicted octanol–water partition coefficient (Wildman–Crippen LogP) is 1.98. The minimum Gasteiger partial charge on any atom is -0.384 e. The van der Waals surface area contributed by atoms with E-state index in [1.54, 1.807) is 48.3 Å². The Balaban J connectivity index is 1.69. The lowest BCUT2D eigenvalue weighted by Crippen LogP contribution is -2.52. The molecule has 0 saturated carbocycles. The molecule has 10 heteroatoms. The van der Waals surface area contributed by atoms with Gasteiger partial charge in [-0.1, -0.05) is 35.3 Å². The zero-order valence-corrected chi connectivity index (χ0v) is 17.8. The molecule has 2 aromatic rings.